The first kappa shape index (κ1) is 16.0. The van der Waals surface area contributed by atoms with Gasteiger partial charge in [-0.05, 0) is 25.5 Å². The summed E-state index contributed by atoms with van der Waals surface area (Å²) in [6, 6.07) is 3.70. The Labute approximate surface area is 138 Å². The molecular weight excluding hydrogens is 310 g/mol. The number of carbonyl (C=O) groups excluding carboxylic acids is 1. The molecule has 1 atom stereocenters. The van der Waals surface area contributed by atoms with Gasteiger partial charge in [-0.3, -0.25) is 4.79 Å². The highest BCUT2D eigenvalue weighted by Gasteiger charge is 2.12. The molecule has 0 fully saturated rings. The summed E-state index contributed by atoms with van der Waals surface area (Å²) in [5, 5.41) is 6.77. The van der Waals surface area contributed by atoms with Crippen molar-refractivity contribution in [3.63, 3.8) is 0 Å². The predicted octanol–water partition coefficient (Wildman–Crippen LogP) is 2.23. The molecule has 0 aromatic carbocycles. The third-order valence-corrected chi connectivity index (χ3v) is 3.63. The molecule has 3 aromatic rings. The van der Waals surface area contributed by atoms with Crippen molar-refractivity contribution < 1.29 is 13.7 Å². The Morgan fingerprint density at radius 2 is 2.38 bits per heavy atom. The van der Waals surface area contributed by atoms with Crippen molar-refractivity contribution >= 4 is 5.91 Å². The van der Waals surface area contributed by atoms with E-state index in [2.05, 4.69) is 20.4 Å². The lowest BCUT2D eigenvalue weighted by atomic mass is 10.2. The SMILES string of the molecule is CC(CNC(=O)CCCc1nc(-c2ccco2)no1)n1ccnc1. The van der Waals surface area contributed by atoms with Gasteiger partial charge in [0.25, 0.3) is 0 Å². The minimum atomic E-state index is 0.00717. The number of nitrogens with one attached hydrogen (secondary N) is 1. The van der Waals surface area contributed by atoms with E-state index < -0.39 is 0 Å². The molecule has 0 aliphatic rings. The molecule has 3 rings (SSSR count). The second-order valence-electron chi connectivity index (χ2n) is 5.51. The number of aryl methyl sites for hydroxylation is 1. The third kappa shape index (κ3) is 4.09. The average molecular weight is 329 g/mol. The van der Waals surface area contributed by atoms with Gasteiger partial charge in [-0.1, -0.05) is 5.16 Å². The standard InChI is InChI=1S/C16H19N5O3/c1-12(21-8-7-17-11-21)10-18-14(22)5-2-6-15-19-16(20-24-15)13-4-3-9-23-13/h3-4,7-9,11-12H,2,5-6,10H2,1H3,(H,18,22). The van der Waals surface area contributed by atoms with Crippen LogP contribution >= 0.6 is 0 Å². The van der Waals surface area contributed by atoms with Crippen LogP contribution in [-0.2, 0) is 11.2 Å². The Balaban J connectivity index is 1.38. The van der Waals surface area contributed by atoms with Crippen LogP contribution in [0.2, 0.25) is 0 Å². The Morgan fingerprint density at radius 1 is 1.46 bits per heavy atom. The zero-order valence-corrected chi connectivity index (χ0v) is 13.4. The molecule has 8 heteroatoms. The monoisotopic (exact) mass is 329 g/mol. The number of hydrogen-bond acceptors (Lipinski definition) is 6. The van der Waals surface area contributed by atoms with Gasteiger partial charge in [-0.25, -0.2) is 4.98 Å². The second kappa shape index (κ2) is 7.58. The molecule has 126 valence electrons. The number of amides is 1. The van der Waals surface area contributed by atoms with Gasteiger partial charge in [0.2, 0.25) is 17.6 Å². The van der Waals surface area contributed by atoms with Crippen molar-refractivity contribution in [1.29, 1.82) is 0 Å². The van der Waals surface area contributed by atoms with Crippen molar-refractivity contribution in [1.82, 2.24) is 25.0 Å². The summed E-state index contributed by atoms with van der Waals surface area (Å²) in [7, 11) is 0. The van der Waals surface area contributed by atoms with Gasteiger partial charge in [0.15, 0.2) is 5.76 Å². The van der Waals surface area contributed by atoms with Crippen molar-refractivity contribution in [2.24, 2.45) is 0 Å². The summed E-state index contributed by atoms with van der Waals surface area (Å²) in [6.45, 7) is 2.59. The zero-order chi connectivity index (χ0) is 16.8. The fourth-order valence-electron chi connectivity index (χ4n) is 2.25. The molecule has 3 aromatic heterocycles. The van der Waals surface area contributed by atoms with Crippen molar-refractivity contribution in [3.05, 3.63) is 43.0 Å². The number of carbonyl (C=O) groups is 1. The lowest BCUT2D eigenvalue weighted by molar-refractivity contribution is -0.121. The van der Waals surface area contributed by atoms with Gasteiger partial charge < -0.3 is 18.8 Å². The number of imidazole rings is 1. The van der Waals surface area contributed by atoms with Gasteiger partial charge in [-0.2, -0.15) is 4.98 Å². The van der Waals surface area contributed by atoms with Crippen LogP contribution in [0.3, 0.4) is 0 Å². The molecular formula is C16H19N5O3. The molecule has 1 amide bonds. The van der Waals surface area contributed by atoms with E-state index in [1.807, 2.05) is 17.7 Å². The van der Waals surface area contributed by atoms with E-state index in [0.717, 1.165) is 0 Å². The number of hydrogen-bond donors (Lipinski definition) is 1. The van der Waals surface area contributed by atoms with Gasteiger partial charge in [-0.15, -0.1) is 0 Å². The highest BCUT2D eigenvalue weighted by molar-refractivity contribution is 5.75. The first-order chi connectivity index (χ1) is 11.7. The lowest BCUT2D eigenvalue weighted by Crippen LogP contribution is -2.29. The summed E-state index contributed by atoms with van der Waals surface area (Å²) in [6.07, 6.45) is 8.50. The second-order valence-corrected chi connectivity index (χ2v) is 5.51. The maximum Gasteiger partial charge on any atom is 0.238 e. The first-order valence-corrected chi connectivity index (χ1v) is 7.83. The average Bonchev–Trinajstić information content (AvgIpc) is 3.33. The van der Waals surface area contributed by atoms with E-state index in [4.69, 9.17) is 8.94 Å². The smallest absolute Gasteiger partial charge is 0.238 e. The molecule has 0 saturated heterocycles. The molecule has 8 nitrogen and oxygen atoms in total. The summed E-state index contributed by atoms with van der Waals surface area (Å²) < 4.78 is 12.3. The van der Waals surface area contributed by atoms with Crippen molar-refractivity contribution in [2.45, 2.75) is 32.2 Å². The number of furan rings is 1. The quantitative estimate of drug-likeness (QED) is 0.680. The van der Waals surface area contributed by atoms with Gasteiger partial charge in [0, 0.05) is 37.8 Å². The fourth-order valence-corrected chi connectivity index (χ4v) is 2.25. The fraction of sp³-hybridized carbons (Fsp3) is 0.375. The van der Waals surface area contributed by atoms with Crippen LogP contribution in [0.5, 0.6) is 0 Å². The molecule has 3 heterocycles. The number of nitrogens with zero attached hydrogens (tertiary/aromatic N) is 4. The summed E-state index contributed by atoms with van der Waals surface area (Å²) in [4.78, 5) is 20.1. The Kier molecular flexibility index (Phi) is 5.05. The van der Waals surface area contributed by atoms with Crippen LogP contribution in [0.1, 0.15) is 31.7 Å². The van der Waals surface area contributed by atoms with E-state index in [9.17, 15) is 4.79 Å². The zero-order valence-electron chi connectivity index (χ0n) is 13.4. The van der Waals surface area contributed by atoms with Crippen LogP contribution in [-0.4, -0.2) is 32.1 Å². The van der Waals surface area contributed by atoms with Crippen LogP contribution in [0.25, 0.3) is 11.6 Å². The lowest BCUT2D eigenvalue weighted by Gasteiger charge is -2.13. The minimum Gasteiger partial charge on any atom is -0.461 e. The van der Waals surface area contributed by atoms with Gasteiger partial charge in [0.1, 0.15) is 0 Å². The number of aromatic nitrogens is 4. The van der Waals surface area contributed by atoms with E-state index in [0.29, 0.717) is 43.3 Å². The highest BCUT2D eigenvalue weighted by Crippen LogP contribution is 2.16. The van der Waals surface area contributed by atoms with E-state index in [1.54, 1.807) is 30.9 Å². The van der Waals surface area contributed by atoms with Crippen LogP contribution in [0.15, 0.2) is 46.1 Å². The van der Waals surface area contributed by atoms with Crippen LogP contribution in [0, 0.1) is 0 Å². The molecule has 1 unspecified atom stereocenters. The maximum absolute atomic E-state index is 11.9. The number of rotatable bonds is 8. The topological polar surface area (TPSA) is 99.0 Å². The van der Waals surface area contributed by atoms with Crippen LogP contribution < -0.4 is 5.32 Å². The first-order valence-electron chi connectivity index (χ1n) is 7.83. The molecule has 24 heavy (non-hydrogen) atoms. The van der Waals surface area contributed by atoms with Crippen molar-refractivity contribution in [2.75, 3.05) is 6.54 Å². The summed E-state index contributed by atoms with van der Waals surface area (Å²) in [5.74, 6) is 1.50. The van der Waals surface area contributed by atoms with Gasteiger partial charge >= 0.3 is 0 Å². The molecule has 0 saturated carbocycles. The third-order valence-electron chi connectivity index (χ3n) is 3.63. The molecule has 0 aliphatic heterocycles. The Hall–Kier alpha value is -2.90. The van der Waals surface area contributed by atoms with E-state index >= 15 is 0 Å². The van der Waals surface area contributed by atoms with Crippen molar-refractivity contribution in [3.8, 4) is 11.6 Å². The van der Waals surface area contributed by atoms with E-state index in [-0.39, 0.29) is 11.9 Å². The largest absolute Gasteiger partial charge is 0.461 e. The summed E-state index contributed by atoms with van der Waals surface area (Å²) >= 11 is 0. The molecule has 0 bridgehead atoms. The maximum atomic E-state index is 11.9. The Morgan fingerprint density at radius 3 is 3.12 bits per heavy atom. The molecule has 0 spiro atoms. The van der Waals surface area contributed by atoms with Crippen LogP contribution in [0.4, 0.5) is 0 Å². The normalized spacial score (nSPS) is 12.2. The predicted molar refractivity (Wildman–Crippen MR) is 84.9 cm³/mol. The molecule has 0 aliphatic carbocycles. The molecule has 1 N–H and O–H groups in total. The molecule has 0 radical (unpaired) electrons. The minimum absolute atomic E-state index is 0.00717. The summed E-state index contributed by atoms with van der Waals surface area (Å²) in [5.41, 5.74) is 0. The Bertz CT molecular complexity index is 749. The highest BCUT2D eigenvalue weighted by atomic mass is 16.5. The van der Waals surface area contributed by atoms with Gasteiger partial charge in [0.05, 0.1) is 12.6 Å². The van der Waals surface area contributed by atoms with E-state index in [1.165, 1.54) is 0 Å².